The van der Waals surface area contributed by atoms with Crippen LogP contribution in [-0.2, 0) is 27.4 Å². The van der Waals surface area contributed by atoms with E-state index < -0.39 is 18.2 Å². The van der Waals surface area contributed by atoms with E-state index >= 15 is 0 Å². The number of likely N-dealkylation sites (N-methyl/N-ethyl adjacent to an activating group) is 1. The normalized spacial score (nSPS) is 21.4. The molecule has 2 aliphatic rings. The Balaban J connectivity index is 1.40. The van der Waals surface area contributed by atoms with Gasteiger partial charge in [-0.25, -0.2) is 4.79 Å². The molecule has 4 rings (SSSR count). The predicted octanol–water partition coefficient (Wildman–Crippen LogP) is 1.92. The second-order valence-corrected chi connectivity index (χ2v) is 7.69. The van der Waals surface area contributed by atoms with E-state index in [2.05, 4.69) is 0 Å². The van der Waals surface area contributed by atoms with Crippen LogP contribution in [0.2, 0.25) is 0 Å². The summed E-state index contributed by atoms with van der Waals surface area (Å²) in [5.41, 5.74) is 1.91. The van der Waals surface area contributed by atoms with Crippen molar-refractivity contribution in [2.75, 3.05) is 26.7 Å². The Labute approximate surface area is 175 Å². The van der Waals surface area contributed by atoms with Crippen molar-refractivity contribution in [3.63, 3.8) is 0 Å². The van der Waals surface area contributed by atoms with Crippen LogP contribution >= 0.6 is 0 Å². The van der Waals surface area contributed by atoms with E-state index in [1.54, 1.807) is 11.9 Å². The second kappa shape index (κ2) is 8.57. The van der Waals surface area contributed by atoms with Gasteiger partial charge in [-0.3, -0.25) is 9.59 Å². The van der Waals surface area contributed by atoms with E-state index in [1.165, 1.54) is 9.80 Å². The molecule has 2 aromatic carbocycles. The van der Waals surface area contributed by atoms with Crippen LogP contribution in [0.4, 0.5) is 4.79 Å². The lowest BCUT2D eigenvalue weighted by Crippen LogP contribution is -2.70. The second-order valence-electron chi connectivity index (χ2n) is 7.69. The van der Waals surface area contributed by atoms with Gasteiger partial charge in [0.05, 0.1) is 6.54 Å². The maximum Gasteiger partial charge on any atom is 0.410 e. The van der Waals surface area contributed by atoms with Crippen molar-refractivity contribution in [1.29, 1.82) is 0 Å². The van der Waals surface area contributed by atoms with Gasteiger partial charge in [0, 0.05) is 26.6 Å². The number of ether oxygens (including phenoxy) is 1. The number of amides is 3. The largest absolute Gasteiger partial charge is 0.445 e. The molecule has 2 heterocycles. The summed E-state index contributed by atoms with van der Waals surface area (Å²) in [5, 5.41) is 0. The lowest BCUT2D eigenvalue weighted by atomic mass is 9.97. The Morgan fingerprint density at radius 2 is 1.57 bits per heavy atom. The van der Waals surface area contributed by atoms with Gasteiger partial charge >= 0.3 is 6.09 Å². The molecule has 0 aromatic heterocycles. The fourth-order valence-electron chi connectivity index (χ4n) is 4.04. The van der Waals surface area contributed by atoms with Gasteiger partial charge in [-0.05, 0) is 11.1 Å². The number of piperazine rings is 2. The number of rotatable bonds is 4. The maximum atomic E-state index is 13.1. The molecular formula is C23H25N3O4. The first-order valence-electron chi connectivity index (χ1n) is 10.1. The summed E-state index contributed by atoms with van der Waals surface area (Å²) in [7, 11) is 1.66. The van der Waals surface area contributed by atoms with Crippen LogP contribution in [-0.4, -0.2) is 71.4 Å². The molecule has 0 radical (unpaired) electrons. The first-order chi connectivity index (χ1) is 14.5. The molecule has 2 saturated heterocycles. The summed E-state index contributed by atoms with van der Waals surface area (Å²) in [4.78, 5) is 43.3. The molecule has 2 fully saturated rings. The third kappa shape index (κ3) is 4.01. The minimum absolute atomic E-state index is 0.0664. The Kier molecular flexibility index (Phi) is 5.70. The molecule has 0 aliphatic carbocycles. The van der Waals surface area contributed by atoms with Gasteiger partial charge < -0.3 is 19.4 Å². The molecule has 0 spiro atoms. The highest BCUT2D eigenvalue weighted by Crippen LogP contribution is 2.24. The highest BCUT2D eigenvalue weighted by atomic mass is 16.6. The Morgan fingerprint density at radius 1 is 0.933 bits per heavy atom. The molecule has 30 heavy (non-hydrogen) atoms. The number of hydrogen-bond donors (Lipinski definition) is 0. The number of benzene rings is 2. The van der Waals surface area contributed by atoms with Crippen molar-refractivity contribution < 1.29 is 19.1 Å². The molecule has 3 amide bonds. The number of nitrogens with zero attached hydrogens (tertiary/aromatic N) is 3. The van der Waals surface area contributed by atoms with Crippen LogP contribution in [0.15, 0.2) is 60.7 Å². The van der Waals surface area contributed by atoms with Crippen LogP contribution in [0.5, 0.6) is 0 Å². The molecule has 2 atom stereocenters. The van der Waals surface area contributed by atoms with Crippen molar-refractivity contribution in [1.82, 2.24) is 14.7 Å². The highest BCUT2D eigenvalue weighted by Gasteiger charge is 2.47. The van der Waals surface area contributed by atoms with Gasteiger partial charge in [0.15, 0.2) is 0 Å². The van der Waals surface area contributed by atoms with Crippen LogP contribution in [0, 0.1) is 0 Å². The fraction of sp³-hybridized carbons (Fsp3) is 0.348. The van der Waals surface area contributed by atoms with Crippen LogP contribution in [0.3, 0.4) is 0 Å². The molecule has 2 aliphatic heterocycles. The molecule has 0 N–H and O–H groups in total. The lowest BCUT2D eigenvalue weighted by molar-refractivity contribution is -0.163. The van der Waals surface area contributed by atoms with E-state index in [0.29, 0.717) is 19.5 Å². The Hall–Kier alpha value is -3.35. The number of fused-ring (bicyclic) bond motifs is 1. The Morgan fingerprint density at radius 3 is 2.23 bits per heavy atom. The smallest absolute Gasteiger partial charge is 0.410 e. The first-order valence-corrected chi connectivity index (χ1v) is 10.1. The van der Waals surface area contributed by atoms with Crippen molar-refractivity contribution in [3.05, 3.63) is 71.8 Å². The fourth-order valence-corrected chi connectivity index (χ4v) is 4.04. The first kappa shape index (κ1) is 19.9. The average Bonchev–Trinajstić information content (AvgIpc) is 2.80. The molecule has 0 unspecified atom stereocenters. The quantitative estimate of drug-likeness (QED) is 0.777. The molecule has 0 saturated carbocycles. The predicted molar refractivity (Wildman–Crippen MR) is 110 cm³/mol. The lowest BCUT2D eigenvalue weighted by Gasteiger charge is -2.48. The van der Waals surface area contributed by atoms with Crippen molar-refractivity contribution in [2.24, 2.45) is 0 Å². The van der Waals surface area contributed by atoms with E-state index in [0.717, 1.165) is 11.1 Å². The minimum atomic E-state index is -0.660. The van der Waals surface area contributed by atoms with Gasteiger partial charge in [-0.15, -0.1) is 0 Å². The average molecular weight is 407 g/mol. The summed E-state index contributed by atoms with van der Waals surface area (Å²) in [6.45, 7) is 1.01. The van der Waals surface area contributed by atoms with E-state index in [1.807, 2.05) is 60.7 Å². The Bertz CT molecular complexity index is 919. The zero-order chi connectivity index (χ0) is 21.1. The van der Waals surface area contributed by atoms with Crippen LogP contribution in [0.25, 0.3) is 0 Å². The van der Waals surface area contributed by atoms with Gasteiger partial charge in [0.1, 0.15) is 18.7 Å². The topological polar surface area (TPSA) is 70.2 Å². The molecule has 2 aromatic rings. The van der Waals surface area contributed by atoms with Crippen molar-refractivity contribution in [2.45, 2.75) is 25.1 Å². The van der Waals surface area contributed by atoms with E-state index in [4.69, 9.17) is 4.74 Å². The van der Waals surface area contributed by atoms with Gasteiger partial charge in [0.25, 0.3) is 0 Å². The van der Waals surface area contributed by atoms with E-state index in [-0.39, 0.29) is 25.0 Å². The van der Waals surface area contributed by atoms with E-state index in [9.17, 15) is 14.4 Å². The molecule has 7 heteroatoms. The summed E-state index contributed by atoms with van der Waals surface area (Å²) >= 11 is 0. The summed E-state index contributed by atoms with van der Waals surface area (Å²) in [6, 6.07) is 17.9. The van der Waals surface area contributed by atoms with Gasteiger partial charge in [-0.1, -0.05) is 60.7 Å². The zero-order valence-corrected chi connectivity index (χ0v) is 16.9. The number of carbonyl (C=O) groups excluding carboxylic acids is 3. The highest BCUT2D eigenvalue weighted by molar-refractivity contribution is 5.97. The monoisotopic (exact) mass is 407 g/mol. The van der Waals surface area contributed by atoms with Crippen LogP contribution in [0.1, 0.15) is 11.1 Å². The zero-order valence-electron chi connectivity index (χ0n) is 16.9. The van der Waals surface area contributed by atoms with Crippen LogP contribution < -0.4 is 0 Å². The molecule has 7 nitrogen and oxygen atoms in total. The SMILES string of the molecule is CN1C(=O)[C@H]2CN(C(=O)OCc3ccccc3)CCN2C(=O)[C@@H]1Cc1ccccc1. The number of hydrogen-bond acceptors (Lipinski definition) is 4. The number of carbonyl (C=O) groups is 3. The molecule has 0 bridgehead atoms. The molecular weight excluding hydrogens is 382 g/mol. The molecule has 156 valence electrons. The summed E-state index contributed by atoms with van der Waals surface area (Å²) in [6.07, 6.45) is 0.0151. The van der Waals surface area contributed by atoms with Crippen molar-refractivity contribution >= 4 is 17.9 Å². The third-order valence-electron chi connectivity index (χ3n) is 5.78. The van der Waals surface area contributed by atoms with Crippen molar-refractivity contribution in [3.8, 4) is 0 Å². The van der Waals surface area contributed by atoms with Gasteiger partial charge in [0.2, 0.25) is 11.8 Å². The summed E-state index contributed by atoms with van der Waals surface area (Å²) < 4.78 is 5.39. The standard InChI is InChI=1S/C23H25N3O4/c1-24-19(14-17-8-4-2-5-9-17)22(28)26-13-12-25(15-20(26)21(24)27)23(29)30-16-18-10-6-3-7-11-18/h2-11,19-20H,12-16H2,1H3/t19-,20+/m0/s1. The summed E-state index contributed by atoms with van der Waals surface area (Å²) in [5.74, 6) is -0.209. The minimum Gasteiger partial charge on any atom is -0.445 e. The third-order valence-corrected chi connectivity index (χ3v) is 5.78. The van der Waals surface area contributed by atoms with Gasteiger partial charge in [-0.2, -0.15) is 0 Å². The maximum absolute atomic E-state index is 13.1.